The molecule has 7 unspecified atom stereocenters. The van der Waals surface area contributed by atoms with E-state index in [4.69, 9.17) is 23.7 Å². The molecule has 6 rings (SSSR count). The average Bonchev–Trinajstić information content (AvgIpc) is 3.26. The summed E-state index contributed by atoms with van der Waals surface area (Å²) in [5.41, 5.74) is -6.16. The lowest BCUT2D eigenvalue weighted by Crippen LogP contribution is -2.80. The molecule has 2 aromatic rings. The molecule has 2 aromatic carbocycles. The molecule has 3 fully saturated rings. The molecule has 1 aliphatic heterocycles. The lowest BCUT2D eigenvalue weighted by molar-refractivity contribution is -0.339. The number of ketones is 2. The maximum absolute atomic E-state index is 15.0. The van der Waals surface area contributed by atoms with Crippen LogP contribution in [0, 0.1) is 28.6 Å². The molecule has 70 heavy (non-hydrogen) atoms. The summed E-state index contributed by atoms with van der Waals surface area (Å²) < 4.78 is 28.4. The van der Waals surface area contributed by atoms with Crippen LogP contribution in [0.3, 0.4) is 0 Å². The quantitative estimate of drug-likeness (QED) is 0.0785. The molecule has 1 saturated heterocycles. The number of carbonyl (C=O) groups is 6. The van der Waals surface area contributed by atoms with Crippen molar-refractivity contribution >= 4 is 35.4 Å². The minimum absolute atomic E-state index is 0.0419. The van der Waals surface area contributed by atoms with Gasteiger partial charge in [0.25, 0.3) is 0 Å². The van der Waals surface area contributed by atoms with Crippen LogP contribution < -0.4 is 0 Å². The SMILES string of the molecule is CC.CC(=O)OC(C)(C)C.CC(=O)O[C@@]12COC1CC(O)C1(C)C(=O)C(O)C3=C(C)[C@@H](OC(=O)[C@H](OC(=O)C(C)O)[C@@H](C)c4ccccc4)CC(O)([C@@H](CC(=O)c4ccccc4)C12)C3(C)C.CC(C)C. The van der Waals surface area contributed by atoms with Crippen molar-refractivity contribution in [3.05, 3.63) is 82.9 Å². The van der Waals surface area contributed by atoms with Crippen LogP contribution in [0.1, 0.15) is 152 Å². The predicted octanol–water partition coefficient (Wildman–Crippen LogP) is 7.43. The molecule has 15 heteroatoms. The number of hydrogen-bond acceptors (Lipinski definition) is 15. The standard InChI is InChI=1S/C43H52O13.C6H12O2.C4H10.C2H6/c1-22(26-14-10-8-11-15-26)35(55-38(50)24(3)44)39(51)54-30-20-43(52)28(18-29(46)27-16-12-9-13-17-27)36-41(7,37(49)34(48)33(23(30)2)40(43,5)6)31(47)19-32-42(36,21-53-32)56-25(4)45;1-5(7)8-6(2,3)4;1-4(2)3;1-2/h8-17,22,24,28,30-32,34-36,44,47-48,52H,18-21H2,1-7H3;1-4H3;4H,1-3H3;1-2H3/t22-,24?,28-,30-,31?,32?,34?,35+,36?,41?,42-,43?;;;/m0.../s1. The Hall–Kier alpha value is -4.80. The molecule has 0 spiro atoms. The third kappa shape index (κ3) is 12.6. The summed E-state index contributed by atoms with van der Waals surface area (Å²) in [6, 6.07) is 17.1. The summed E-state index contributed by atoms with van der Waals surface area (Å²) in [5, 5.41) is 47.7. The van der Waals surface area contributed by atoms with Gasteiger partial charge in [-0.3, -0.25) is 19.2 Å². The summed E-state index contributed by atoms with van der Waals surface area (Å²) in [6.45, 7) is 27.6. The van der Waals surface area contributed by atoms with E-state index in [2.05, 4.69) is 20.8 Å². The Morgan fingerprint density at radius 3 is 1.81 bits per heavy atom. The third-order valence-corrected chi connectivity index (χ3v) is 13.7. The zero-order chi connectivity index (χ0) is 53.5. The van der Waals surface area contributed by atoms with E-state index in [1.54, 1.807) is 88.4 Å². The number of benzene rings is 2. The van der Waals surface area contributed by atoms with Crippen molar-refractivity contribution in [1.29, 1.82) is 0 Å². The van der Waals surface area contributed by atoms with Gasteiger partial charge in [0.15, 0.2) is 17.2 Å². The number of ether oxygens (including phenoxy) is 5. The monoisotopic (exact) mass is 981 g/mol. The molecule has 4 aliphatic rings. The normalized spacial score (nSPS) is 29.8. The topological polar surface area (TPSA) is 229 Å². The van der Waals surface area contributed by atoms with Crippen LogP contribution in [0.2, 0.25) is 0 Å². The van der Waals surface area contributed by atoms with Gasteiger partial charge in [-0.1, -0.05) is 116 Å². The highest BCUT2D eigenvalue weighted by Gasteiger charge is 2.76. The Morgan fingerprint density at radius 1 is 0.843 bits per heavy atom. The summed E-state index contributed by atoms with van der Waals surface area (Å²) in [5.74, 6) is -6.73. The Balaban J connectivity index is 0.000000815. The molecule has 3 aliphatic carbocycles. The molecular weight excluding hydrogens is 901 g/mol. The number of carbonyl (C=O) groups excluding carboxylic acids is 6. The molecule has 12 atom stereocenters. The number of Topliss-reactive ketones (excluding diaryl/α,β-unsaturated/α-hetero) is 2. The molecule has 4 N–H and O–H groups in total. The maximum Gasteiger partial charge on any atom is 0.348 e. The maximum atomic E-state index is 15.0. The van der Waals surface area contributed by atoms with E-state index in [1.165, 1.54) is 27.7 Å². The van der Waals surface area contributed by atoms with E-state index in [9.17, 15) is 49.2 Å². The van der Waals surface area contributed by atoms with Crippen molar-refractivity contribution in [2.75, 3.05) is 6.61 Å². The summed E-state index contributed by atoms with van der Waals surface area (Å²) >= 11 is 0. The molecule has 0 radical (unpaired) electrons. The number of aliphatic hydroxyl groups excluding tert-OH is 3. The second-order valence-corrected chi connectivity index (χ2v) is 21.2. The molecule has 2 saturated carbocycles. The molecule has 0 amide bonds. The van der Waals surface area contributed by atoms with Gasteiger partial charge in [0, 0.05) is 61.8 Å². The number of esters is 4. The Labute approximate surface area is 414 Å². The Bertz CT molecular complexity index is 2170. The van der Waals surface area contributed by atoms with E-state index in [1.807, 2.05) is 34.6 Å². The molecule has 0 aromatic heterocycles. The highest BCUT2D eigenvalue weighted by atomic mass is 16.6. The van der Waals surface area contributed by atoms with Crippen molar-refractivity contribution in [3.63, 3.8) is 0 Å². The van der Waals surface area contributed by atoms with Gasteiger partial charge in [-0.2, -0.15) is 0 Å². The van der Waals surface area contributed by atoms with E-state index >= 15 is 0 Å². The molecule has 2 bridgehead atoms. The number of fused-ring (bicyclic) bond motifs is 5. The minimum atomic E-state index is -2.11. The molecular formula is C55H80O15. The van der Waals surface area contributed by atoms with Crippen LogP contribution in [0.25, 0.3) is 0 Å². The zero-order valence-electron chi connectivity index (χ0n) is 44.2. The lowest BCUT2D eigenvalue weighted by Gasteiger charge is -2.68. The fourth-order valence-corrected chi connectivity index (χ4v) is 10.6. The molecule has 390 valence electrons. The third-order valence-electron chi connectivity index (χ3n) is 13.7. The van der Waals surface area contributed by atoms with Crippen molar-refractivity contribution in [1.82, 2.24) is 0 Å². The highest BCUT2D eigenvalue weighted by molar-refractivity contribution is 5.97. The first-order chi connectivity index (χ1) is 32.4. The smallest absolute Gasteiger partial charge is 0.348 e. The van der Waals surface area contributed by atoms with Gasteiger partial charge in [-0.05, 0) is 64.2 Å². The van der Waals surface area contributed by atoms with Crippen LogP contribution in [0.4, 0.5) is 0 Å². The van der Waals surface area contributed by atoms with Crippen molar-refractivity contribution in [2.24, 2.45) is 28.6 Å². The van der Waals surface area contributed by atoms with Gasteiger partial charge in [-0.15, -0.1) is 0 Å². The lowest BCUT2D eigenvalue weighted by atomic mass is 9.42. The fraction of sp³-hybridized carbons (Fsp3) is 0.636. The number of aliphatic hydroxyl groups is 4. The number of hydrogen-bond donors (Lipinski definition) is 4. The van der Waals surface area contributed by atoms with Gasteiger partial charge in [-0.25, -0.2) is 9.59 Å². The van der Waals surface area contributed by atoms with Gasteiger partial charge < -0.3 is 44.1 Å². The van der Waals surface area contributed by atoms with Gasteiger partial charge in [0.2, 0.25) is 6.10 Å². The highest BCUT2D eigenvalue weighted by Crippen LogP contribution is 2.66. The van der Waals surface area contributed by atoms with Crippen LogP contribution in [-0.2, 0) is 47.7 Å². The first-order valence-electron chi connectivity index (χ1n) is 24.4. The first kappa shape index (κ1) is 59.5. The first-order valence-corrected chi connectivity index (χ1v) is 24.4. The van der Waals surface area contributed by atoms with Gasteiger partial charge in [0.05, 0.1) is 23.7 Å². The number of rotatable bonds is 10. The Kier molecular flexibility index (Phi) is 20.1. The van der Waals surface area contributed by atoms with E-state index < -0.39 is 112 Å². The van der Waals surface area contributed by atoms with E-state index in [-0.39, 0.29) is 42.2 Å². The van der Waals surface area contributed by atoms with Crippen LogP contribution in [0.5, 0.6) is 0 Å². The molecule has 1 heterocycles. The van der Waals surface area contributed by atoms with Gasteiger partial charge in [0.1, 0.15) is 30.0 Å². The van der Waals surface area contributed by atoms with Crippen LogP contribution >= 0.6 is 0 Å². The largest absolute Gasteiger partial charge is 0.460 e. The van der Waals surface area contributed by atoms with Crippen molar-refractivity contribution in [3.8, 4) is 0 Å². The fourth-order valence-electron chi connectivity index (χ4n) is 10.6. The summed E-state index contributed by atoms with van der Waals surface area (Å²) in [6.07, 6.45) is -9.63. The zero-order valence-corrected chi connectivity index (χ0v) is 44.2. The Morgan fingerprint density at radius 2 is 1.37 bits per heavy atom. The van der Waals surface area contributed by atoms with Crippen molar-refractivity contribution < 1.29 is 72.9 Å². The predicted molar refractivity (Wildman–Crippen MR) is 262 cm³/mol. The van der Waals surface area contributed by atoms with Crippen LogP contribution in [-0.4, -0.2) is 116 Å². The second kappa shape index (κ2) is 23.6. The summed E-state index contributed by atoms with van der Waals surface area (Å²) in [7, 11) is 0. The van der Waals surface area contributed by atoms with Gasteiger partial charge >= 0.3 is 23.9 Å². The average molecular weight is 981 g/mol. The minimum Gasteiger partial charge on any atom is -0.460 e. The van der Waals surface area contributed by atoms with Crippen molar-refractivity contribution in [2.45, 2.75) is 189 Å². The van der Waals surface area contributed by atoms with E-state index in [0.29, 0.717) is 11.1 Å². The summed E-state index contributed by atoms with van der Waals surface area (Å²) in [4.78, 5) is 79.4. The molecule has 15 nitrogen and oxygen atoms in total. The van der Waals surface area contributed by atoms with Crippen LogP contribution in [0.15, 0.2) is 71.8 Å². The second-order valence-electron chi connectivity index (χ2n) is 21.2. The van der Waals surface area contributed by atoms with E-state index in [0.717, 1.165) is 5.92 Å².